The highest BCUT2D eigenvalue weighted by Crippen LogP contribution is 2.47. The summed E-state index contributed by atoms with van der Waals surface area (Å²) in [5.41, 5.74) is 0.0324. The van der Waals surface area contributed by atoms with Gasteiger partial charge in [0, 0.05) is 5.56 Å². The summed E-state index contributed by atoms with van der Waals surface area (Å²) in [5.74, 6) is -2.34. The van der Waals surface area contributed by atoms with Gasteiger partial charge in [-0.2, -0.15) is 0 Å². The van der Waals surface area contributed by atoms with Crippen LogP contribution in [0, 0.1) is 11.6 Å². The van der Waals surface area contributed by atoms with Gasteiger partial charge >= 0.3 is 0 Å². The molecule has 70 valence electrons. The highest BCUT2D eigenvalue weighted by molar-refractivity contribution is 6.32. The number of aromatic hydroxyl groups is 1. The van der Waals surface area contributed by atoms with Crippen LogP contribution in [0.2, 0.25) is 5.02 Å². The molecule has 1 fully saturated rings. The number of halogens is 3. The van der Waals surface area contributed by atoms with Crippen molar-refractivity contribution >= 4 is 11.6 Å². The first kappa shape index (κ1) is 8.75. The van der Waals surface area contributed by atoms with Gasteiger partial charge in [-0.3, -0.25) is 0 Å². The van der Waals surface area contributed by atoms with Gasteiger partial charge in [-0.1, -0.05) is 11.6 Å². The number of phenols is 1. The lowest BCUT2D eigenvalue weighted by Crippen LogP contribution is -1.93. The molecule has 0 radical (unpaired) electrons. The van der Waals surface area contributed by atoms with Crippen LogP contribution in [0.1, 0.15) is 24.3 Å². The summed E-state index contributed by atoms with van der Waals surface area (Å²) in [7, 11) is 0. The fraction of sp³-hybridized carbons (Fsp3) is 0.333. The average molecular weight is 205 g/mol. The summed E-state index contributed by atoms with van der Waals surface area (Å²) < 4.78 is 26.0. The second kappa shape index (κ2) is 2.84. The van der Waals surface area contributed by atoms with E-state index in [1.54, 1.807) is 0 Å². The highest BCUT2D eigenvalue weighted by atomic mass is 35.5. The molecule has 0 amide bonds. The van der Waals surface area contributed by atoms with Crippen molar-refractivity contribution in [1.29, 1.82) is 0 Å². The summed E-state index contributed by atoms with van der Waals surface area (Å²) in [5, 5.41) is 9.25. The van der Waals surface area contributed by atoms with Gasteiger partial charge in [-0.15, -0.1) is 0 Å². The van der Waals surface area contributed by atoms with Crippen LogP contribution in [0.3, 0.4) is 0 Å². The van der Waals surface area contributed by atoms with Gasteiger partial charge in [0.05, 0.1) is 5.02 Å². The zero-order valence-corrected chi connectivity index (χ0v) is 7.41. The van der Waals surface area contributed by atoms with Crippen molar-refractivity contribution in [3.63, 3.8) is 0 Å². The van der Waals surface area contributed by atoms with Crippen LogP contribution in [0.15, 0.2) is 6.07 Å². The SMILES string of the molecule is Oc1c(Cl)cc(F)c(F)c1C1CC1. The summed E-state index contributed by atoms with van der Waals surface area (Å²) in [6, 6.07) is 0.790. The molecule has 0 atom stereocenters. The second-order valence-electron chi connectivity index (χ2n) is 3.19. The number of benzene rings is 1. The number of hydrogen-bond donors (Lipinski definition) is 1. The van der Waals surface area contributed by atoms with Gasteiger partial charge < -0.3 is 5.11 Å². The van der Waals surface area contributed by atoms with Crippen molar-refractivity contribution in [3.8, 4) is 5.75 Å². The van der Waals surface area contributed by atoms with Crippen molar-refractivity contribution in [2.45, 2.75) is 18.8 Å². The lowest BCUT2D eigenvalue weighted by Gasteiger charge is -2.06. The van der Waals surface area contributed by atoms with Gasteiger partial charge in [0.2, 0.25) is 0 Å². The molecule has 0 bridgehead atoms. The quantitative estimate of drug-likeness (QED) is 0.697. The van der Waals surface area contributed by atoms with Crippen molar-refractivity contribution in [2.24, 2.45) is 0 Å². The molecule has 0 saturated heterocycles. The molecule has 0 heterocycles. The van der Waals surface area contributed by atoms with Gasteiger partial charge in [0.15, 0.2) is 11.6 Å². The molecule has 13 heavy (non-hydrogen) atoms. The van der Waals surface area contributed by atoms with Crippen molar-refractivity contribution in [3.05, 3.63) is 28.3 Å². The van der Waals surface area contributed by atoms with Crippen LogP contribution < -0.4 is 0 Å². The Balaban J connectivity index is 2.62. The Labute approximate surface area is 78.9 Å². The van der Waals surface area contributed by atoms with Gasteiger partial charge in [-0.25, -0.2) is 8.78 Å². The van der Waals surface area contributed by atoms with Crippen molar-refractivity contribution in [2.75, 3.05) is 0 Å². The normalized spacial score (nSPS) is 16.2. The number of rotatable bonds is 1. The molecule has 1 N–H and O–H groups in total. The van der Waals surface area contributed by atoms with E-state index >= 15 is 0 Å². The Morgan fingerprint density at radius 3 is 2.54 bits per heavy atom. The zero-order chi connectivity index (χ0) is 9.59. The molecule has 1 nitrogen and oxygen atoms in total. The fourth-order valence-corrected chi connectivity index (χ4v) is 1.55. The van der Waals surface area contributed by atoms with Gasteiger partial charge in [0.25, 0.3) is 0 Å². The Hall–Kier alpha value is -0.830. The van der Waals surface area contributed by atoms with Crippen LogP contribution in [-0.4, -0.2) is 5.11 Å². The molecular formula is C9H7ClF2O. The third kappa shape index (κ3) is 1.37. The van der Waals surface area contributed by atoms with E-state index in [0.29, 0.717) is 0 Å². The molecule has 1 saturated carbocycles. The highest BCUT2D eigenvalue weighted by Gasteiger charge is 2.32. The van der Waals surface area contributed by atoms with E-state index in [9.17, 15) is 13.9 Å². The molecule has 2 rings (SSSR count). The minimum atomic E-state index is -0.996. The Bertz CT molecular complexity index is 335. The van der Waals surface area contributed by atoms with Gasteiger partial charge in [0.1, 0.15) is 5.75 Å². The fourth-order valence-electron chi connectivity index (χ4n) is 1.35. The summed E-state index contributed by atoms with van der Waals surface area (Å²) in [6.45, 7) is 0. The molecule has 0 aliphatic heterocycles. The van der Waals surface area contributed by atoms with E-state index in [1.165, 1.54) is 0 Å². The van der Waals surface area contributed by atoms with E-state index in [1.807, 2.05) is 0 Å². The number of hydrogen-bond acceptors (Lipinski definition) is 1. The maximum Gasteiger partial charge on any atom is 0.166 e. The third-order valence-electron chi connectivity index (χ3n) is 2.17. The monoisotopic (exact) mass is 204 g/mol. The number of phenolic OH excluding ortho intramolecular Hbond substituents is 1. The van der Waals surface area contributed by atoms with Gasteiger partial charge in [-0.05, 0) is 24.8 Å². The Morgan fingerprint density at radius 2 is 2.00 bits per heavy atom. The average Bonchev–Trinajstić information content (AvgIpc) is 2.85. The van der Waals surface area contributed by atoms with E-state index in [2.05, 4.69) is 0 Å². The van der Waals surface area contributed by atoms with Crippen LogP contribution in [-0.2, 0) is 0 Å². The Kier molecular flexibility index (Phi) is 1.91. The van der Waals surface area contributed by atoms with Crippen LogP contribution in [0.25, 0.3) is 0 Å². The molecule has 0 spiro atoms. The summed E-state index contributed by atoms with van der Waals surface area (Å²) in [4.78, 5) is 0. The minimum absolute atomic E-state index is 0.0324. The lowest BCUT2D eigenvalue weighted by molar-refractivity contribution is 0.442. The van der Waals surface area contributed by atoms with E-state index in [-0.39, 0.29) is 22.3 Å². The molecule has 1 aromatic rings. The first-order valence-corrected chi connectivity index (χ1v) is 4.35. The maximum absolute atomic E-state index is 13.1. The summed E-state index contributed by atoms with van der Waals surface area (Å²) in [6.07, 6.45) is 1.56. The predicted molar refractivity (Wildman–Crippen MR) is 45.0 cm³/mol. The van der Waals surface area contributed by atoms with Crippen LogP contribution in [0.5, 0.6) is 5.75 Å². The lowest BCUT2D eigenvalue weighted by atomic mass is 10.1. The zero-order valence-electron chi connectivity index (χ0n) is 6.65. The topological polar surface area (TPSA) is 20.2 Å². The maximum atomic E-state index is 13.1. The molecule has 0 aromatic heterocycles. The van der Waals surface area contributed by atoms with Crippen molar-refractivity contribution < 1.29 is 13.9 Å². The second-order valence-corrected chi connectivity index (χ2v) is 3.60. The van der Waals surface area contributed by atoms with E-state index in [4.69, 9.17) is 11.6 Å². The standard InChI is InChI=1S/C9H7ClF2O/c10-5-3-6(11)8(12)7(9(5)13)4-1-2-4/h3-4,13H,1-2H2. The first-order chi connectivity index (χ1) is 6.11. The van der Waals surface area contributed by atoms with Crippen molar-refractivity contribution in [1.82, 2.24) is 0 Å². The molecular weight excluding hydrogens is 198 g/mol. The summed E-state index contributed by atoms with van der Waals surface area (Å²) >= 11 is 5.51. The van der Waals surface area contributed by atoms with Crippen LogP contribution >= 0.6 is 11.6 Å². The third-order valence-corrected chi connectivity index (χ3v) is 2.45. The first-order valence-electron chi connectivity index (χ1n) is 3.97. The van der Waals surface area contributed by atoms with E-state index < -0.39 is 11.6 Å². The largest absolute Gasteiger partial charge is 0.506 e. The smallest absolute Gasteiger partial charge is 0.166 e. The molecule has 4 heteroatoms. The van der Waals surface area contributed by atoms with E-state index in [0.717, 1.165) is 18.9 Å². The van der Waals surface area contributed by atoms with Crippen LogP contribution in [0.4, 0.5) is 8.78 Å². The predicted octanol–water partition coefficient (Wildman–Crippen LogP) is 3.20. The molecule has 1 aliphatic carbocycles. The molecule has 1 aromatic carbocycles. The minimum Gasteiger partial charge on any atom is -0.506 e. The Morgan fingerprint density at radius 1 is 1.38 bits per heavy atom. The molecule has 0 unspecified atom stereocenters. The molecule has 1 aliphatic rings.